The number of anilines is 1. The van der Waals surface area contributed by atoms with Crippen molar-refractivity contribution in [1.29, 1.82) is 0 Å². The lowest BCUT2D eigenvalue weighted by Crippen LogP contribution is -2.20. The van der Waals surface area contributed by atoms with Gasteiger partial charge in [0.1, 0.15) is 11.6 Å². The molecule has 0 aliphatic carbocycles. The van der Waals surface area contributed by atoms with Crippen LogP contribution in [0, 0.1) is 5.82 Å². The van der Waals surface area contributed by atoms with Crippen LogP contribution in [-0.2, 0) is 14.3 Å². The zero-order valence-corrected chi connectivity index (χ0v) is 14.8. The number of nitrogens with one attached hydrogen (secondary N) is 1. The van der Waals surface area contributed by atoms with E-state index in [0.29, 0.717) is 23.6 Å². The third-order valence-corrected chi connectivity index (χ3v) is 3.44. The van der Waals surface area contributed by atoms with E-state index in [-0.39, 0.29) is 5.02 Å². The summed E-state index contributed by atoms with van der Waals surface area (Å²) >= 11 is 5.65. The highest BCUT2D eigenvalue weighted by Crippen LogP contribution is 2.17. The lowest BCUT2D eigenvalue weighted by atomic mass is 10.2. The van der Waals surface area contributed by atoms with Gasteiger partial charge in [-0.05, 0) is 55.0 Å². The Morgan fingerprint density at radius 2 is 1.92 bits per heavy atom. The molecule has 26 heavy (non-hydrogen) atoms. The molecule has 2 aromatic rings. The molecule has 0 radical (unpaired) electrons. The summed E-state index contributed by atoms with van der Waals surface area (Å²) in [5.41, 5.74) is 1.10. The molecule has 0 bridgehead atoms. The Balaban J connectivity index is 1.79. The van der Waals surface area contributed by atoms with Crippen LogP contribution in [0.3, 0.4) is 0 Å². The summed E-state index contributed by atoms with van der Waals surface area (Å²) in [5, 5.41) is 2.55. The van der Waals surface area contributed by atoms with Gasteiger partial charge in [-0.3, -0.25) is 4.79 Å². The molecule has 0 aliphatic rings. The molecule has 0 fully saturated rings. The smallest absolute Gasteiger partial charge is 0.331 e. The van der Waals surface area contributed by atoms with Gasteiger partial charge in [0.25, 0.3) is 5.91 Å². The van der Waals surface area contributed by atoms with Crippen molar-refractivity contribution in [3.05, 3.63) is 64.9 Å². The zero-order chi connectivity index (χ0) is 18.9. The van der Waals surface area contributed by atoms with Crippen molar-refractivity contribution in [3.63, 3.8) is 0 Å². The Hall–Kier alpha value is -2.86. The highest BCUT2D eigenvalue weighted by molar-refractivity contribution is 6.30. The second-order valence-corrected chi connectivity index (χ2v) is 5.53. The van der Waals surface area contributed by atoms with E-state index in [2.05, 4.69) is 5.32 Å². The van der Waals surface area contributed by atoms with Gasteiger partial charge in [0.05, 0.1) is 11.6 Å². The maximum absolute atomic E-state index is 13.0. The van der Waals surface area contributed by atoms with Gasteiger partial charge in [-0.25, -0.2) is 9.18 Å². The summed E-state index contributed by atoms with van der Waals surface area (Å²) in [4.78, 5) is 23.4. The highest BCUT2D eigenvalue weighted by Gasteiger charge is 2.06. The van der Waals surface area contributed by atoms with E-state index in [0.717, 1.165) is 6.08 Å². The van der Waals surface area contributed by atoms with Gasteiger partial charge >= 0.3 is 5.97 Å². The molecule has 0 saturated carbocycles. The molecule has 136 valence electrons. The van der Waals surface area contributed by atoms with Crippen LogP contribution in [0.15, 0.2) is 48.5 Å². The largest absolute Gasteiger partial charge is 0.494 e. The molecule has 1 amide bonds. The van der Waals surface area contributed by atoms with Crippen LogP contribution < -0.4 is 10.1 Å². The van der Waals surface area contributed by atoms with Gasteiger partial charge in [0.2, 0.25) is 0 Å². The van der Waals surface area contributed by atoms with Crippen molar-refractivity contribution in [2.45, 2.75) is 6.92 Å². The highest BCUT2D eigenvalue weighted by atomic mass is 35.5. The summed E-state index contributed by atoms with van der Waals surface area (Å²) in [6, 6.07) is 10.8. The van der Waals surface area contributed by atoms with Crippen molar-refractivity contribution in [2.75, 3.05) is 18.5 Å². The first-order chi connectivity index (χ1) is 12.5. The minimum absolute atomic E-state index is 0.0461. The molecule has 1 N–H and O–H groups in total. The number of halogens is 2. The summed E-state index contributed by atoms with van der Waals surface area (Å²) in [5.74, 6) is -1.02. The Bertz CT molecular complexity index is 806. The minimum Gasteiger partial charge on any atom is -0.494 e. The van der Waals surface area contributed by atoms with E-state index in [4.69, 9.17) is 21.1 Å². The predicted molar refractivity (Wildman–Crippen MR) is 97.6 cm³/mol. The summed E-state index contributed by atoms with van der Waals surface area (Å²) in [6.07, 6.45) is 2.55. The monoisotopic (exact) mass is 377 g/mol. The SMILES string of the molecule is CCOc1ccc(NC(=O)COC(=O)/C=C/c2ccc(F)c(Cl)c2)cc1. The molecular weight excluding hydrogens is 361 g/mol. The van der Waals surface area contributed by atoms with Gasteiger partial charge in [-0.2, -0.15) is 0 Å². The molecule has 0 unspecified atom stereocenters. The van der Waals surface area contributed by atoms with E-state index in [1.807, 2.05) is 6.92 Å². The van der Waals surface area contributed by atoms with Gasteiger partial charge in [-0.15, -0.1) is 0 Å². The lowest BCUT2D eigenvalue weighted by molar-refractivity contribution is -0.142. The average Bonchev–Trinajstić information content (AvgIpc) is 2.63. The normalized spacial score (nSPS) is 10.6. The van der Waals surface area contributed by atoms with Crippen LogP contribution in [0.2, 0.25) is 5.02 Å². The van der Waals surface area contributed by atoms with E-state index in [1.165, 1.54) is 24.3 Å². The Morgan fingerprint density at radius 1 is 1.19 bits per heavy atom. The fourth-order valence-electron chi connectivity index (χ4n) is 1.96. The van der Waals surface area contributed by atoms with Crippen molar-refractivity contribution in [3.8, 4) is 5.75 Å². The number of esters is 1. The van der Waals surface area contributed by atoms with Crippen molar-refractivity contribution in [2.24, 2.45) is 0 Å². The standard InChI is InChI=1S/C19H17ClFNO4/c1-2-25-15-7-5-14(6-8-15)22-18(23)12-26-19(24)10-4-13-3-9-17(21)16(20)11-13/h3-11H,2,12H2,1H3,(H,22,23)/b10-4+. The van der Waals surface area contributed by atoms with Crippen LogP contribution in [0.25, 0.3) is 6.08 Å². The van der Waals surface area contributed by atoms with Crippen LogP contribution >= 0.6 is 11.6 Å². The van der Waals surface area contributed by atoms with Gasteiger partial charge in [-0.1, -0.05) is 17.7 Å². The number of amides is 1. The minimum atomic E-state index is -0.702. The number of rotatable bonds is 7. The molecule has 0 aliphatic heterocycles. The number of carbonyl (C=O) groups is 2. The fourth-order valence-corrected chi connectivity index (χ4v) is 2.15. The lowest BCUT2D eigenvalue weighted by Gasteiger charge is -2.07. The summed E-state index contributed by atoms with van der Waals surface area (Å²) < 4.78 is 23.2. The van der Waals surface area contributed by atoms with Crippen molar-refractivity contribution >= 4 is 35.2 Å². The number of carbonyl (C=O) groups excluding carboxylic acids is 2. The van der Waals surface area contributed by atoms with Crippen LogP contribution in [0.4, 0.5) is 10.1 Å². The summed E-state index contributed by atoms with van der Waals surface area (Å²) in [6.45, 7) is 2.00. The molecule has 0 heterocycles. The first kappa shape index (κ1) is 19.5. The molecule has 5 nitrogen and oxygen atoms in total. The van der Waals surface area contributed by atoms with Crippen LogP contribution in [0.1, 0.15) is 12.5 Å². The molecule has 0 spiro atoms. The quantitative estimate of drug-likeness (QED) is 0.583. The number of benzene rings is 2. The molecule has 2 rings (SSSR count). The zero-order valence-electron chi connectivity index (χ0n) is 14.0. The van der Waals surface area contributed by atoms with Gasteiger partial charge in [0, 0.05) is 11.8 Å². The third-order valence-electron chi connectivity index (χ3n) is 3.15. The maximum atomic E-state index is 13.0. The van der Waals surface area contributed by atoms with Crippen molar-refractivity contribution in [1.82, 2.24) is 0 Å². The topological polar surface area (TPSA) is 64.6 Å². The molecule has 2 aromatic carbocycles. The van der Waals surface area contributed by atoms with E-state index >= 15 is 0 Å². The Morgan fingerprint density at radius 3 is 2.58 bits per heavy atom. The third kappa shape index (κ3) is 6.22. The first-order valence-corrected chi connectivity index (χ1v) is 8.18. The summed E-state index contributed by atoms with van der Waals surface area (Å²) in [7, 11) is 0. The van der Waals surface area contributed by atoms with E-state index in [9.17, 15) is 14.0 Å². The second kappa shape index (κ2) is 9.58. The molecule has 0 atom stereocenters. The number of ether oxygens (including phenoxy) is 2. The molecular formula is C19H17ClFNO4. The van der Waals surface area contributed by atoms with E-state index in [1.54, 1.807) is 24.3 Å². The average molecular weight is 378 g/mol. The second-order valence-electron chi connectivity index (χ2n) is 5.12. The van der Waals surface area contributed by atoms with E-state index < -0.39 is 24.3 Å². The maximum Gasteiger partial charge on any atom is 0.331 e. The number of hydrogen-bond acceptors (Lipinski definition) is 4. The van der Waals surface area contributed by atoms with Gasteiger partial charge < -0.3 is 14.8 Å². The predicted octanol–water partition coefficient (Wildman–Crippen LogP) is 4.07. The van der Waals surface area contributed by atoms with Gasteiger partial charge in [0.15, 0.2) is 6.61 Å². The molecule has 0 aromatic heterocycles. The Labute approximate surface area is 155 Å². The van der Waals surface area contributed by atoms with Crippen LogP contribution in [-0.4, -0.2) is 25.1 Å². The van der Waals surface area contributed by atoms with Crippen LogP contribution in [0.5, 0.6) is 5.75 Å². The molecule has 0 saturated heterocycles. The number of hydrogen-bond donors (Lipinski definition) is 1. The van der Waals surface area contributed by atoms with Crippen molar-refractivity contribution < 1.29 is 23.5 Å². The fraction of sp³-hybridized carbons (Fsp3) is 0.158. The molecule has 7 heteroatoms. The Kier molecular flexibility index (Phi) is 7.17. The first-order valence-electron chi connectivity index (χ1n) is 7.80.